The van der Waals surface area contributed by atoms with Gasteiger partial charge < -0.3 is 10.4 Å². The summed E-state index contributed by atoms with van der Waals surface area (Å²) in [6.07, 6.45) is 5.36. The number of unbranched alkanes of at least 4 members (excludes halogenated alkanes) is 1. The lowest BCUT2D eigenvalue weighted by atomic mass is 9.86. The van der Waals surface area contributed by atoms with Gasteiger partial charge in [0.05, 0.1) is 0 Å². The second kappa shape index (κ2) is 8.82. The fraction of sp³-hybridized carbons (Fsp3) is 0.409. The molecular weight excluding hydrogens is 310 g/mol. The van der Waals surface area contributed by atoms with Crippen LogP contribution in [0.5, 0.6) is 0 Å². The smallest absolute Gasteiger partial charge is 0.320 e. The van der Waals surface area contributed by atoms with Crippen LogP contribution in [0.4, 0.5) is 0 Å². The molecule has 0 amide bonds. The van der Waals surface area contributed by atoms with Gasteiger partial charge in [-0.1, -0.05) is 73.5 Å². The van der Waals surface area contributed by atoms with Crippen molar-refractivity contribution in [2.75, 3.05) is 6.54 Å². The first-order valence-corrected chi connectivity index (χ1v) is 9.30. The van der Waals surface area contributed by atoms with Crippen LogP contribution >= 0.6 is 0 Å². The zero-order chi connectivity index (χ0) is 17.5. The Kier molecular flexibility index (Phi) is 6.24. The average molecular weight is 337 g/mol. The summed E-state index contributed by atoms with van der Waals surface area (Å²) in [4.78, 5) is 11.0. The molecule has 1 aliphatic heterocycles. The molecule has 0 aromatic heterocycles. The summed E-state index contributed by atoms with van der Waals surface area (Å²) >= 11 is 0. The first-order chi connectivity index (χ1) is 12.2. The summed E-state index contributed by atoms with van der Waals surface area (Å²) < 4.78 is 0. The van der Waals surface area contributed by atoms with Gasteiger partial charge in [-0.3, -0.25) is 4.79 Å². The lowest BCUT2D eigenvalue weighted by molar-refractivity contribution is -0.139. The summed E-state index contributed by atoms with van der Waals surface area (Å²) in [7, 11) is 0. The van der Waals surface area contributed by atoms with Crippen molar-refractivity contribution in [2.24, 2.45) is 5.92 Å². The number of nitrogens with one attached hydrogen (secondary N) is 1. The van der Waals surface area contributed by atoms with E-state index in [-0.39, 0.29) is 6.04 Å². The molecule has 3 nitrogen and oxygen atoms in total. The minimum Gasteiger partial charge on any atom is -0.480 e. The predicted octanol–water partition coefficient (Wildman–Crippen LogP) is 4.44. The summed E-state index contributed by atoms with van der Waals surface area (Å²) in [5.74, 6) is 0.236. The van der Waals surface area contributed by atoms with Crippen LogP contribution < -0.4 is 5.32 Å². The molecule has 1 aliphatic rings. The molecular formula is C22H27NO2. The monoisotopic (exact) mass is 337 g/mol. The van der Waals surface area contributed by atoms with Crippen molar-refractivity contribution in [2.45, 2.75) is 44.1 Å². The SMILES string of the molecule is O=C(O)[C@@H]1C[C@H](CCCCC(c2ccccc2)c2ccccc2)CN1. The molecule has 0 unspecified atom stereocenters. The van der Waals surface area contributed by atoms with Gasteiger partial charge in [-0.25, -0.2) is 0 Å². The van der Waals surface area contributed by atoms with E-state index in [1.807, 2.05) is 0 Å². The van der Waals surface area contributed by atoms with Crippen molar-refractivity contribution in [1.82, 2.24) is 5.32 Å². The van der Waals surface area contributed by atoms with E-state index in [0.29, 0.717) is 11.8 Å². The summed E-state index contributed by atoms with van der Waals surface area (Å²) in [6.45, 7) is 0.845. The van der Waals surface area contributed by atoms with Gasteiger partial charge in [0, 0.05) is 5.92 Å². The molecule has 2 atom stereocenters. The highest BCUT2D eigenvalue weighted by atomic mass is 16.4. The number of carbonyl (C=O) groups is 1. The van der Waals surface area contributed by atoms with Gasteiger partial charge in [0.15, 0.2) is 0 Å². The molecule has 132 valence electrons. The quantitative estimate of drug-likeness (QED) is 0.700. The van der Waals surface area contributed by atoms with Crippen molar-refractivity contribution in [3.63, 3.8) is 0 Å². The summed E-state index contributed by atoms with van der Waals surface area (Å²) in [5, 5.41) is 12.2. The second-order valence-corrected chi connectivity index (χ2v) is 7.06. The largest absolute Gasteiger partial charge is 0.480 e. The van der Waals surface area contributed by atoms with Gasteiger partial charge >= 0.3 is 5.97 Å². The first-order valence-electron chi connectivity index (χ1n) is 9.30. The van der Waals surface area contributed by atoms with E-state index < -0.39 is 5.97 Å². The minimum absolute atomic E-state index is 0.341. The van der Waals surface area contributed by atoms with E-state index in [2.05, 4.69) is 66.0 Å². The van der Waals surface area contributed by atoms with E-state index in [0.717, 1.165) is 32.2 Å². The molecule has 0 saturated carbocycles. The molecule has 0 spiro atoms. The molecule has 3 heteroatoms. The molecule has 3 rings (SSSR count). The number of benzene rings is 2. The topological polar surface area (TPSA) is 49.3 Å². The molecule has 1 saturated heterocycles. The predicted molar refractivity (Wildman–Crippen MR) is 101 cm³/mol. The Morgan fingerprint density at radius 2 is 1.60 bits per heavy atom. The Morgan fingerprint density at radius 1 is 1.00 bits per heavy atom. The highest BCUT2D eigenvalue weighted by molar-refractivity contribution is 5.73. The zero-order valence-electron chi connectivity index (χ0n) is 14.6. The summed E-state index contributed by atoms with van der Waals surface area (Å²) in [5.41, 5.74) is 2.75. The van der Waals surface area contributed by atoms with Crippen LogP contribution in [0.25, 0.3) is 0 Å². The molecule has 2 aromatic carbocycles. The lowest BCUT2D eigenvalue weighted by Gasteiger charge is -2.18. The normalized spacial score (nSPS) is 20.0. The molecule has 2 N–H and O–H groups in total. The van der Waals surface area contributed by atoms with Crippen LogP contribution in [-0.2, 0) is 4.79 Å². The molecule has 0 aliphatic carbocycles. The highest BCUT2D eigenvalue weighted by Crippen LogP contribution is 2.30. The van der Waals surface area contributed by atoms with Crippen LogP contribution in [0.1, 0.15) is 49.1 Å². The van der Waals surface area contributed by atoms with Crippen molar-refractivity contribution in [1.29, 1.82) is 0 Å². The highest BCUT2D eigenvalue weighted by Gasteiger charge is 2.28. The van der Waals surface area contributed by atoms with Gasteiger partial charge in [-0.15, -0.1) is 0 Å². The number of rotatable bonds is 8. The summed E-state index contributed by atoms with van der Waals surface area (Å²) in [6, 6.07) is 21.1. The third-order valence-electron chi connectivity index (χ3n) is 5.28. The van der Waals surface area contributed by atoms with Gasteiger partial charge in [0.1, 0.15) is 6.04 Å². The number of aliphatic carboxylic acids is 1. The van der Waals surface area contributed by atoms with Crippen LogP contribution in [0, 0.1) is 5.92 Å². The van der Waals surface area contributed by atoms with Crippen molar-refractivity contribution in [3.05, 3.63) is 71.8 Å². The number of carboxylic acids is 1. The van der Waals surface area contributed by atoms with E-state index in [9.17, 15) is 4.79 Å². The fourth-order valence-corrected chi connectivity index (χ4v) is 3.89. The maximum atomic E-state index is 11.0. The van der Waals surface area contributed by atoms with Gasteiger partial charge in [0.2, 0.25) is 0 Å². The molecule has 25 heavy (non-hydrogen) atoms. The van der Waals surface area contributed by atoms with Gasteiger partial charge in [-0.2, -0.15) is 0 Å². The van der Waals surface area contributed by atoms with Crippen molar-refractivity contribution in [3.8, 4) is 0 Å². The standard InChI is InChI=1S/C22H27NO2/c24-22(25)21-15-17(16-23-21)9-7-8-14-20(18-10-3-1-4-11-18)19-12-5-2-6-13-19/h1-6,10-13,17,20-21,23H,7-9,14-16H2,(H,24,25)/t17-,21-/m0/s1. The third kappa shape index (κ3) is 4.93. The number of hydrogen-bond acceptors (Lipinski definition) is 2. The van der Waals surface area contributed by atoms with Crippen LogP contribution in [-0.4, -0.2) is 23.7 Å². The van der Waals surface area contributed by atoms with E-state index >= 15 is 0 Å². The lowest BCUT2D eigenvalue weighted by Crippen LogP contribution is -2.29. The zero-order valence-corrected chi connectivity index (χ0v) is 14.6. The van der Waals surface area contributed by atoms with Gasteiger partial charge in [-0.05, 0) is 42.9 Å². The fourth-order valence-electron chi connectivity index (χ4n) is 3.89. The molecule has 0 bridgehead atoms. The molecule has 1 fully saturated rings. The Labute approximate surface area is 150 Å². The second-order valence-electron chi connectivity index (χ2n) is 7.06. The maximum Gasteiger partial charge on any atom is 0.320 e. The molecule has 0 radical (unpaired) electrons. The van der Waals surface area contributed by atoms with Crippen molar-refractivity contribution >= 4 is 5.97 Å². The average Bonchev–Trinajstić information content (AvgIpc) is 3.12. The van der Waals surface area contributed by atoms with Crippen LogP contribution in [0.15, 0.2) is 60.7 Å². The number of hydrogen-bond donors (Lipinski definition) is 2. The van der Waals surface area contributed by atoms with E-state index in [4.69, 9.17) is 5.11 Å². The van der Waals surface area contributed by atoms with E-state index in [1.165, 1.54) is 17.5 Å². The number of carboxylic acid groups (broad SMARTS) is 1. The Hall–Kier alpha value is -2.13. The van der Waals surface area contributed by atoms with Crippen LogP contribution in [0.3, 0.4) is 0 Å². The van der Waals surface area contributed by atoms with E-state index in [1.54, 1.807) is 0 Å². The Morgan fingerprint density at radius 3 is 2.12 bits per heavy atom. The minimum atomic E-state index is -0.712. The molecule has 1 heterocycles. The third-order valence-corrected chi connectivity index (χ3v) is 5.28. The first kappa shape index (κ1) is 17.7. The Bertz CT molecular complexity index is 617. The van der Waals surface area contributed by atoms with Crippen molar-refractivity contribution < 1.29 is 9.90 Å². The molecule has 2 aromatic rings. The maximum absolute atomic E-state index is 11.0. The Balaban J connectivity index is 1.53. The van der Waals surface area contributed by atoms with Crippen LogP contribution in [0.2, 0.25) is 0 Å². The van der Waals surface area contributed by atoms with Gasteiger partial charge in [0.25, 0.3) is 0 Å².